The van der Waals surface area contributed by atoms with Crippen LogP contribution in [0.25, 0.3) is 0 Å². The Kier molecular flexibility index (Phi) is 4.71. The summed E-state index contributed by atoms with van der Waals surface area (Å²) in [6, 6.07) is 15.7. The number of hydrogen-bond donors (Lipinski definition) is 1. The molecule has 2 aliphatic rings. The van der Waals surface area contributed by atoms with Crippen molar-refractivity contribution in [3.63, 3.8) is 0 Å². The monoisotopic (exact) mass is 379 g/mol. The van der Waals surface area contributed by atoms with Crippen molar-refractivity contribution in [2.75, 3.05) is 38.7 Å². The lowest BCUT2D eigenvalue weighted by molar-refractivity contribution is -0.122. The average molecular weight is 379 g/mol. The number of nitrogens with zero attached hydrogens (tertiary/aromatic N) is 2. The van der Waals surface area contributed by atoms with Crippen molar-refractivity contribution in [2.45, 2.75) is 18.3 Å². The molecule has 2 aromatic rings. The maximum absolute atomic E-state index is 13.1. The van der Waals surface area contributed by atoms with E-state index in [2.05, 4.69) is 5.32 Å². The molecule has 28 heavy (non-hydrogen) atoms. The number of carbonyl (C=O) groups excluding carboxylic acids is 2. The number of likely N-dealkylation sites (tertiary alicyclic amines) is 1. The lowest BCUT2D eigenvalue weighted by Gasteiger charge is -2.24. The van der Waals surface area contributed by atoms with Crippen molar-refractivity contribution >= 4 is 17.6 Å². The van der Waals surface area contributed by atoms with E-state index in [0.29, 0.717) is 26.1 Å². The average Bonchev–Trinajstić information content (AvgIpc) is 3.26. The Morgan fingerprint density at radius 2 is 2.00 bits per heavy atom. The Morgan fingerprint density at radius 3 is 2.75 bits per heavy atom. The van der Waals surface area contributed by atoms with Crippen LogP contribution in [0.4, 0.5) is 10.5 Å². The van der Waals surface area contributed by atoms with Gasteiger partial charge in [-0.05, 0) is 42.2 Å². The second-order valence-corrected chi connectivity index (χ2v) is 7.47. The number of amides is 3. The molecule has 1 saturated heterocycles. The second-order valence-electron chi connectivity index (χ2n) is 7.47. The van der Waals surface area contributed by atoms with Gasteiger partial charge >= 0.3 is 6.03 Å². The molecular formula is C22H25N3O3. The van der Waals surface area contributed by atoms with Gasteiger partial charge in [0.2, 0.25) is 5.91 Å². The van der Waals surface area contributed by atoms with Gasteiger partial charge in [0.15, 0.2) is 0 Å². The van der Waals surface area contributed by atoms with Crippen LogP contribution in [0.2, 0.25) is 0 Å². The summed E-state index contributed by atoms with van der Waals surface area (Å²) in [6.07, 6.45) is 1.41. The first-order valence-corrected chi connectivity index (χ1v) is 9.58. The maximum Gasteiger partial charge on any atom is 0.317 e. The number of urea groups is 1. The molecule has 6 heteroatoms. The quantitative estimate of drug-likeness (QED) is 0.888. The Hall–Kier alpha value is -3.02. The normalized spacial score (nSPS) is 20.6. The summed E-state index contributed by atoms with van der Waals surface area (Å²) in [6.45, 7) is 1.53. The largest absolute Gasteiger partial charge is 0.497 e. The molecule has 0 radical (unpaired) electrons. The van der Waals surface area contributed by atoms with Crippen LogP contribution in [0, 0.1) is 0 Å². The molecule has 1 spiro atoms. The zero-order valence-electron chi connectivity index (χ0n) is 16.3. The van der Waals surface area contributed by atoms with Gasteiger partial charge in [-0.2, -0.15) is 0 Å². The molecule has 6 nitrogen and oxygen atoms in total. The summed E-state index contributed by atoms with van der Waals surface area (Å²) < 4.78 is 5.36. The lowest BCUT2D eigenvalue weighted by Crippen LogP contribution is -2.44. The van der Waals surface area contributed by atoms with Gasteiger partial charge in [0, 0.05) is 32.4 Å². The number of ether oxygens (including phenoxy) is 1. The molecule has 0 aliphatic carbocycles. The number of carbonyl (C=O) groups is 2. The van der Waals surface area contributed by atoms with Gasteiger partial charge in [-0.1, -0.05) is 30.3 Å². The number of hydrogen-bond acceptors (Lipinski definition) is 3. The maximum atomic E-state index is 13.1. The number of fused-ring (bicyclic) bond motifs is 2. The first-order valence-electron chi connectivity index (χ1n) is 9.58. The highest BCUT2D eigenvalue weighted by Crippen LogP contribution is 2.47. The highest BCUT2D eigenvalue weighted by atomic mass is 16.5. The minimum atomic E-state index is -0.671. The summed E-state index contributed by atoms with van der Waals surface area (Å²) in [7, 11) is 3.42. The van der Waals surface area contributed by atoms with Crippen LogP contribution in [-0.4, -0.2) is 50.6 Å². The number of benzene rings is 2. The van der Waals surface area contributed by atoms with Crippen molar-refractivity contribution in [1.82, 2.24) is 10.2 Å². The first-order chi connectivity index (χ1) is 13.5. The Labute approximate surface area is 165 Å². The van der Waals surface area contributed by atoms with E-state index in [0.717, 1.165) is 23.4 Å². The van der Waals surface area contributed by atoms with Crippen molar-refractivity contribution < 1.29 is 14.3 Å². The number of likely N-dealkylation sites (N-methyl/N-ethyl adjacent to an activating group) is 1. The van der Waals surface area contributed by atoms with E-state index in [9.17, 15) is 9.59 Å². The molecule has 1 N–H and O–H groups in total. The highest BCUT2D eigenvalue weighted by molar-refractivity contribution is 6.08. The number of anilines is 1. The zero-order valence-corrected chi connectivity index (χ0v) is 16.3. The molecule has 1 atom stereocenters. The smallest absolute Gasteiger partial charge is 0.317 e. The third kappa shape index (κ3) is 2.99. The van der Waals surface area contributed by atoms with Crippen molar-refractivity contribution in [3.8, 4) is 5.75 Å². The minimum Gasteiger partial charge on any atom is -0.497 e. The Balaban J connectivity index is 1.46. The molecule has 2 aromatic carbocycles. The summed E-state index contributed by atoms with van der Waals surface area (Å²) >= 11 is 0. The number of methoxy groups -OCH3 is 1. The van der Waals surface area contributed by atoms with E-state index in [-0.39, 0.29) is 11.9 Å². The summed E-state index contributed by atoms with van der Waals surface area (Å²) in [5, 5.41) is 2.99. The van der Waals surface area contributed by atoms with E-state index in [4.69, 9.17) is 4.74 Å². The molecule has 0 bridgehead atoms. The second kappa shape index (κ2) is 7.19. The predicted octanol–water partition coefficient (Wildman–Crippen LogP) is 2.57. The van der Waals surface area contributed by atoms with E-state index in [1.54, 1.807) is 24.0 Å². The molecule has 0 saturated carbocycles. The van der Waals surface area contributed by atoms with Gasteiger partial charge < -0.3 is 19.9 Å². The molecule has 4 rings (SSSR count). The van der Waals surface area contributed by atoms with Crippen LogP contribution < -0.4 is 15.0 Å². The molecule has 2 aliphatic heterocycles. The number of nitrogens with one attached hydrogen (secondary N) is 1. The van der Waals surface area contributed by atoms with Crippen LogP contribution in [0.15, 0.2) is 48.5 Å². The molecule has 146 valence electrons. The van der Waals surface area contributed by atoms with Crippen LogP contribution in [0.3, 0.4) is 0 Å². The standard InChI is InChI=1S/C22H25N3O3/c1-24-19-9-8-17(28-2)14-18(19)22(20(24)26)11-13-25(15-22)21(27)23-12-10-16-6-4-3-5-7-16/h3-9,14H,10-13,15H2,1-2H3,(H,23,27)/t22-/m1/s1. The summed E-state index contributed by atoms with van der Waals surface area (Å²) in [5.41, 5.74) is 2.38. The van der Waals surface area contributed by atoms with Gasteiger partial charge in [0.25, 0.3) is 0 Å². The van der Waals surface area contributed by atoms with Gasteiger partial charge in [-0.3, -0.25) is 4.79 Å². The van der Waals surface area contributed by atoms with Gasteiger partial charge in [0.1, 0.15) is 5.75 Å². The third-order valence-corrected chi connectivity index (χ3v) is 5.88. The van der Waals surface area contributed by atoms with Crippen molar-refractivity contribution in [2.24, 2.45) is 0 Å². The summed E-state index contributed by atoms with van der Waals surface area (Å²) in [5.74, 6) is 0.780. The fraction of sp³-hybridized carbons (Fsp3) is 0.364. The van der Waals surface area contributed by atoms with E-state index in [1.807, 2.05) is 48.5 Å². The van der Waals surface area contributed by atoms with Crippen molar-refractivity contribution in [3.05, 3.63) is 59.7 Å². The zero-order chi connectivity index (χ0) is 19.7. The topological polar surface area (TPSA) is 61.9 Å². The fourth-order valence-electron chi connectivity index (χ4n) is 4.31. The van der Waals surface area contributed by atoms with E-state index >= 15 is 0 Å². The van der Waals surface area contributed by atoms with Crippen LogP contribution in [-0.2, 0) is 16.6 Å². The van der Waals surface area contributed by atoms with Crippen LogP contribution in [0.1, 0.15) is 17.5 Å². The molecule has 0 unspecified atom stereocenters. The molecule has 1 fully saturated rings. The van der Waals surface area contributed by atoms with Gasteiger partial charge in [-0.25, -0.2) is 4.79 Å². The Bertz CT molecular complexity index is 899. The van der Waals surface area contributed by atoms with Crippen LogP contribution in [0.5, 0.6) is 5.75 Å². The van der Waals surface area contributed by atoms with Crippen LogP contribution >= 0.6 is 0 Å². The predicted molar refractivity (Wildman–Crippen MR) is 108 cm³/mol. The fourth-order valence-corrected chi connectivity index (χ4v) is 4.31. The van der Waals surface area contributed by atoms with E-state index in [1.165, 1.54) is 5.56 Å². The highest BCUT2D eigenvalue weighted by Gasteiger charge is 2.54. The minimum absolute atomic E-state index is 0.0512. The lowest BCUT2D eigenvalue weighted by atomic mass is 9.81. The number of rotatable bonds is 4. The van der Waals surface area contributed by atoms with Crippen molar-refractivity contribution in [1.29, 1.82) is 0 Å². The van der Waals surface area contributed by atoms with Gasteiger partial charge in [-0.15, -0.1) is 0 Å². The molecular weight excluding hydrogens is 354 g/mol. The molecule has 2 heterocycles. The third-order valence-electron chi connectivity index (χ3n) is 5.88. The molecule has 0 aromatic heterocycles. The first kappa shape index (κ1) is 18.3. The molecule has 3 amide bonds. The SMILES string of the molecule is COc1ccc2c(c1)[C@]1(CCN(C(=O)NCCc3ccccc3)C1)C(=O)N2C. The van der Waals surface area contributed by atoms with Gasteiger partial charge in [0.05, 0.1) is 12.5 Å². The summed E-state index contributed by atoms with van der Waals surface area (Å²) in [4.78, 5) is 29.2. The Morgan fingerprint density at radius 1 is 1.21 bits per heavy atom. The van der Waals surface area contributed by atoms with E-state index < -0.39 is 5.41 Å².